The van der Waals surface area contributed by atoms with Crippen LogP contribution in [0.15, 0.2) is 53.3 Å². The number of tetrazole rings is 1. The van der Waals surface area contributed by atoms with Gasteiger partial charge in [-0.15, -0.1) is 0 Å². The number of nitrogens with zero attached hydrogens (tertiary/aromatic N) is 4. The van der Waals surface area contributed by atoms with Crippen LogP contribution in [0.3, 0.4) is 0 Å². The Kier molecular flexibility index (Phi) is 5.00. The molecular weight excluding hydrogens is 387 g/mol. The third-order valence-corrected chi connectivity index (χ3v) is 3.83. The average molecular weight is 398 g/mol. The summed E-state index contributed by atoms with van der Waals surface area (Å²) in [6, 6.07) is 10.4. The molecule has 1 heterocycles. The first-order chi connectivity index (χ1) is 12.8. The fourth-order valence-electron chi connectivity index (χ4n) is 2.23. The maximum Gasteiger partial charge on any atom is 0.416 e. The Morgan fingerprint density at radius 2 is 1.74 bits per heavy atom. The van der Waals surface area contributed by atoms with Crippen LogP contribution in [-0.2, 0) is 17.5 Å². The minimum Gasteiger partial charge on any atom is -0.324 e. The van der Waals surface area contributed by atoms with E-state index in [-0.39, 0.29) is 10.7 Å². The van der Waals surface area contributed by atoms with Crippen LogP contribution in [-0.4, -0.2) is 25.7 Å². The third kappa shape index (κ3) is 4.17. The van der Waals surface area contributed by atoms with Crippen LogP contribution in [0, 0.1) is 0 Å². The number of hydrogen-bond donors (Lipinski definition) is 1. The lowest BCUT2D eigenvalue weighted by Crippen LogP contribution is -2.29. The first-order valence-electron chi connectivity index (χ1n) is 7.50. The Morgan fingerprint density at radius 3 is 2.37 bits per heavy atom. The van der Waals surface area contributed by atoms with Crippen molar-refractivity contribution in [2.75, 3.05) is 5.32 Å². The summed E-state index contributed by atoms with van der Waals surface area (Å²) in [6.07, 6.45) is -4.47. The lowest BCUT2D eigenvalue weighted by molar-refractivity contribution is -0.137. The maximum absolute atomic E-state index is 12.5. The number of nitrogens with one attached hydrogen (secondary N) is 1. The minimum absolute atomic E-state index is 0.152. The summed E-state index contributed by atoms with van der Waals surface area (Å²) in [4.78, 5) is 24.3. The number of anilines is 1. The van der Waals surface area contributed by atoms with Gasteiger partial charge < -0.3 is 5.32 Å². The molecule has 3 rings (SSSR count). The molecule has 0 atom stereocenters. The van der Waals surface area contributed by atoms with E-state index in [1.54, 1.807) is 24.3 Å². The molecule has 1 aromatic heterocycles. The second kappa shape index (κ2) is 7.23. The molecule has 1 N–H and O–H groups in total. The highest BCUT2D eigenvalue weighted by Crippen LogP contribution is 2.29. The Balaban J connectivity index is 1.72. The quantitative estimate of drug-likeness (QED) is 0.734. The fourth-order valence-corrected chi connectivity index (χ4v) is 2.44. The number of carbonyl (C=O) groups is 1. The van der Waals surface area contributed by atoms with Gasteiger partial charge in [0.25, 0.3) is 0 Å². The molecule has 11 heteroatoms. The van der Waals surface area contributed by atoms with Crippen molar-refractivity contribution in [2.45, 2.75) is 12.7 Å². The van der Waals surface area contributed by atoms with E-state index < -0.39 is 29.9 Å². The molecule has 0 spiro atoms. The van der Waals surface area contributed by atoms with Crippen molar-refractivity contribution in [2.24, 2.45) is 0 Å². The molecule has 0 fully saturated rings. The summed E-state index contributed by atoms with van der Waals surface area (Å²) in [5, 5.41) is 9.95. The number of rotatable bonds is 4. The standard InChI is InChI=1S/C16H11ClF3N5O2/c17-12-3-1-2-4-13(12)25-15(27)24(22-23-25)9-14(26)21-11-7-5-10(6-8-11)16(18,19)20/h1-8H,9H2,(H,21,26). The predicted octanol–water partition coefficient (Wildman–Crippen LogP) is 2.74. The number of amides is 1. The Bertz CT molecular complexity index is 1030. The van der Waals surface area contributed by atoms with Gasteiger partial charge in [0, 0.05) is 5.69 Å². The van der Waals surface area contributed by atoms with E-state index in [1.807, 2.05) is 0 Å². The van der Waals surface area contributed by atoms with Crippen molar-refractivity contribution in [3.05, 3.63) is 69.6 Å². The largest absolute Gasteiger partial charge is 0.416 e. The van der Waals surface area contributed by atoms with Gasteiger partial charge in [-0.05, 0) is 46.8 Å². The Labute approximate surface area is 155 Å². The number of carbonyl (C=O) groups excluding carboxylic acids is 1. The Morgan fingerprint density at radius 1 is 1.07 bits per heavy atom. The van der Waals surface area contributed by atoms with Crippen molar-refractivity contribution in [3.63, 3.8) is 0 Å². The lowest BCUT2D eigenvalue weighted by atomic mass is 10.2. The molecule has 3 aromatic rings. The molecule has 0 saturated heterocycles. The highest BCUT2D eigenvalue weighted by Gasteiger charge is 2.30. The van der Waals surface area contributed by atoms with Crippen LogP contribution in [0.4, 0.5) is 18.9 Å². The molecule has 7 nitrogen and oxygen atoms in total. The van der Waals surface area contributed by atoms with E-state index in [0.717, 1.165) is 33.6 Å². The highest BCUT2D eigenvalue weighted by atomic mass is 35.5. The molecule has 140 valence electrons. The van der Waals surface area contributed by atoms with Crippen LogP contribution >= 0.6 is 11.6 Å². The maximum atomic E-state index is 12.5. The van der Waals surface area contributed by atoms with Gasteiger partial charge in [0.2, 0.25) is 5.91 Å². The average Bonchev–Trinajstić information content (AvgIpc) is 2.95. The van der Waals surface area contributed by atoms with E-state index in [9.17, 15) is 22.8 Å². The van der Waals surface area contributed by atoms with Crippen molar-refractivity contribution >= 4 is 23.2 Å². The highest BCUT2D eigenvalue weighted by molar-refractivity contribution is 6.32. The molecule has 0 saturated carbocycles. The summed E-state index contributed by atoms with van der Waals surface area (Å²) in [7, 11) is 0. The zero-order valence-electron chi connectivity index (χ0n) is 13.4. The molecule has 0 unspecified atom stereocenters. The monoisotopic (exact) mass is 397 g/mol. The summed E-state index contributed by atoms with van der Waals surface area (Å²) in [6.45, 7) is -0.468. The second-order valence-corrected chi connectivity index (χ2v) is 5.81. The van der Waals surface area contributed by atoms with Crippen LogP contribution in [0.25, 0.3) is 5.69 Å². The molecule has 0 radical (unpaired) electrons. The van der Waals surface area contributed by atoms with Gasteiger partial charge in [0.1, 0.15) is 6.54 Å². The van der Waals surface area contributed by atoms with E-state index in [4.69, 9.17) is 11.6 Å². The van der Waals surface area contributed by atoms with E-state index >= 15 is 0 Å². The lowest BCUT2D eigenvalue weighted by Gasteiger charge is -2.08. The van der Waals surface area contributed by atoms with Crippen molar-refractivity contribution < 1.29 is 18.0 Å². The van der Waals surface area contributed by atoms with Crippen LogP contribution in [0.2, 0.25) is 5.02 Å². The van der Waals surface area contributed by atoms with E-state index in [2.05, 4.69) is 15.7 Å². The molecule has 1 amide bonds. The Hall–Kier alpha value is -3.14. The first-order valence-corrected chi connectivity index (χ1v) is 7.88. The second-order valence-electron chi connectivity index (χ2n) is 5.41. The van der Waals surface area contributed by atoms with Crippen molar-refractivity contribution in [1.29, 1.82) is 0 Å². The number of alkyl halides is 3. The summed E-state index contributed by atoms with van der Waals surface area (Å²) in [5.41, 5.74) is -1.07. The summed E-state index contributed by atoms with van der Waals surface area (Å²) >= 11 is 6.00. The fraction of sp³-hybridized carbons (Fsp3) is 0.125. The zero-order valence-corrected chi connectivity index (χ0v) is 14.2. The van der Waals surface area contributed by atoms with Gasteiger partial charge in [0.05, 0.1) is 16.3 Å². The topological polar surface area (TPSA) is 81.8 Å². The van der Waals surface area contributed by atoms with Crippen LogP contribution in [0.5, 0.6) is 0 Å². The molecular formula is C16H11ClF3N5O2. The van der Waals surface area contributed by atoms with Gasteiger partial charge in [0.15, 0.2) is 0 Å². The van der Waals surface area contributed by atoms with Gasteiger partial charge in [-0.2, -0.15) is 22.5 Å². The van der Waals surface area contributed by atoms with Crippen LogP contribution in [0.1, 0.15) is 5.56 Å². The SMILES string of the molecule is O=C(Cn1nnn(-c2ccccc2Cl)c1=O)Nc1ccc(C(F)(F)F)cc1. The molecule has 0 aliphatic rings. The van der Waals surface area contributed by atoms with Crippen molar-refractivity contribution in [1.82, 2.24) is 19.8 Å². The number of hydrogen-bond acceptors (Lipinski definition) is 4. The molecule has 27 heavy (non-hydrogen) atoms. The normalized spacial score (nSPS) is 11.4. The summed E-state index contributed by atoms with van der Waals surface area (Å²) in [5.74, 6) is -0.650. The third-order valence-electron chi connectivity index (χ3n) is 3.51. The number of halogens is 4. The van der Waals surface area contributed by atoms with Crippen LogP contribution < -0.4 is 11.0 Å². The molecule has 0 aliphatic carbocycles. The van der Waals surface area contributed by atoms with Gasteiger partial charge in [-0.1, -0.05) is 23.7 Å². The minimum atomic E-state index is -4.47. The molecule has 2 aromatic carbocycles. The smallest absolute Gasteiger partial charge is 0.324 e. The number of aromatic nitrogens is 4. The number of para-hydroxylation sites is 1. The number of benzene rings is 2. The summed E-state index contributed by atoms with van der Waals surface area (Å²) < 4.78 is 39.3. The van der Waals surface area contributed by atoms with E-state index in [1.165, 1.54) is 0 Å². The zero-order chi connectivity index (χ0) is 19.6. The molecule has 0 bridgehead atoms. The predicted molar refractivity (Wildman–Crippen MR) is 90.7 cm³/mol. The van der Waals surface area contributed by atoms with Gasteiger partial charge >= 0.3 is 11.9 Å². The molecule has 0 aliphatic heterocycles. The first kappa shape index (κ1) is 18.6. The van der Waals surface area contributed by atoms with Crippen molar-refractivity contribution in [3.8, 4) is 5.69 Å². The van der Waals surface area contributed by atoms with Gasteiger partial charge in [-0.3, -0.25) is 4.79 Å². The van der Waals surface area contributed by atoms with E-state index in [0.29, 0.717) is 5.69 Å². The van der Waals surface area contributed by atoms with Gasteiger partial charge in [-0.25, -0.2) is 4.79 Å².